The Labute approximate surface area is 496 Å². The largest absolute Gasteiger partial charge is 0.508 e. The summed E-state index contributed by atoms with van der Waals surface area (Å²) in [6.07, 6.45) is 24.5. The number of hydrogen-bond acceptors (Lipinski definition) is 11. The quantitative estimate of drug-likeness (QED) is 0.0302. The zero-order valence-corrected chi connectivity index (χ0v) is 51.3. The van der Waals surface area contributed by atoms with Crippen molar-refractivity contribution >= 4 is 32.9 Å². The summed E-state index contributed by atoms with van der Waals surface area (Å²) >= 11 is 0. The van der Waals surface area contributed by atoms with E-state index in [1.165, 1.54) is 77.0 Å². The van der Waals surface area contributed by atoms with Crippen molar-refractivity contribution in [3.8, 4) is 28.7 Å². The highest BCUT2D eigenvalue weighted by atomic mass is 16.4. The molecule has 1 aliphatic rings. The van der Waals surface area contributed by atoms with Crippen LogP contribution in [0.5, 0.6) is 28.7 Å². The first kappa shape index (κ1) is 64.3. The second kappa shape index (κ2) is 29.5. The first-order valence-corrected chi connectivity index (χ1v) is 31.2. The molecular formula is C73H92O11. The van der Waals surface area contributed by atoms with Gasteiger partial charge in [0.25, 0.3) is 0 Å². The van der Waals surface area contributed by atoms with Crippen LogP contribution in [0.15, 0.2) is 131 Å². The predicted molar refractivity (Wildman–Crippen MR) is 341 cm³/mol. The van der Waals surface area contributed by atoms with E-state index in [1.54, 1.807) is 60.7 Å². The van der Waals surface area contributed by atoms with E-state index >= 15 is 0 Å². The lowest BCUT2D eigenvalue weighted by atomic mass is 9.66. The van der Waals surface area contributed by atoms with Crippen LogP contribution < -0.4 is 16.9 Å². The predicted octanol–water partition coefficient (Wildman–Crippen LogP) is 18.3. The molecule has 8 aromatic rings. The summed E-state index contributed by atoms with van der Waals surface area (Å²) in [5.74, 6) is 0.744. The number of unbranched alkanes of at least 4 members (excludes halogenated alkanes) is 8. The maximum Gasteiger partial charge on any atom is 0.339 e. The molecule has 0 atom stereocenters. The van der Waals surface area contributed by atoms with Gasteiger partial charge in [-0.1, -0.05) is 188 Å². The van der Waals surface area contributed by atoms with Crippen LogP contribution in [0.2, 0.25) is 0 Å². The third-order valence-corrected chi connectivity index (χ3v) is 17.5. The first-order valence-electron chi connectivity index (χ1n) is 31.2. The van der Waals surface area contributed by atoms with Gasteiger partial charge in [0.15, 0.2) is 0 Å². The fourth-order valence-electron chi connectivity index (χ4n) is 12.1. The molecule has 1 fully saturated rings. The highest BCUT2D eigenvalue weighted by molar-refractivity contribution is 5.86. The van der Waals surface area contributed by atoms with Gasteiger partial charge in [-0.05, 0) is 149 Å². The molecule has 0 amide bonds. The van der Waals surface area contributed by atoms with Gasteiger partial charge in [0.1, 0.15) is 45.5 Å². The molecule has 1 aliphatic carbocycles. The minimum absolute atomic E-state index is 0.112. The van der Waals surface area contributed by atoms with Gasteiger partial charge in [0, 0.05) is 29.5 Å². The van der Waals surface area contributed by atoms with Gasteiger partial charge in [-0.15, -0.1) is 0 Å². The standard InChI is InChI=1S/C26H32O4.C25H30O4.C22H30O3/c1-4-5-6-7-10-13-26(2,3)20-16-23(28)21-15-19(25(29)30-24(21)17-20)14-18-11-8-9-12-22(18)27;1-4-5-6-9-12-25(2,3)19-15-22(27)20-14-18(24(28)29-23(20)16-19)13-17-10-7-8-11-21(17)26;1-3-5-10-22(11-7-6-8-12-22)17-14-19(23)18-13-16(9-4-2)21(24)25-20(18)15-17/h8-9,11-12,15-17,27-28H,4-7,10,13-14H2,1-3H3;7-8,10-11,14-16,26-27H,4-6,9,12-13H2,1-3H3;13-15,23H,3-12H2,1-2H3. The normalized spacial score (nSPS) is 13.4. The number of phenolic OH excluding ortho intramolecular Hbond substituents is 5. The summed E-state index contributed by atoms with van der Waals surface area (Å²) in [4.78, 5) is 37.3. The van der Waals surface area contributed by atoms with Gasteiger partial charge in [-0.3, -0.25) is 0 Å². The first-order chi connectivity index (χ1) is 40.2. The molecule has 0 saturated heterocycles. The van der Waals surface area contributed by atoms with Gasteiger partial charge in [0.05, 0.1) is 16.2 Å². The van der Waals surface area contributed by atoms with Crippen molar-refractivity contribution in [1.29, 1.82) is 0 Å². The molecule has 5 N–H and O–H groups in total. The molecule has 0 aliphatic heterocycles. The number of phenols is 5. The summed E-state index contributed by atoms with van der Waals surface area (Å²) in [5.41, 5.74) is 5.89. The second-order valence-electron chi connectivity index (χ2n) is 24.9. The summed E-state index contributed by atoms with van der Waals surface area (Å²) < 4.78 is 16.7. The molecular weight excluding hydrogens is 1050 g/mol. The molecule has 84 heavy (non-hydrogen) atoms. The van der Waals surface area contributed by atoms with Crippen molar-refractivity contribution in [1.82, 2.24) is 0 Å². The molecule has 0 spiro atoms. The SMILES string of the molecule is CCCCC1(c2cc(O)c3cc(CCC)c(=O)oc3c2)CCCCC1.CCCCCCC(C)(C)c1cc(O)c2cc(Cc3ccccc3O)c(=O)oc2c1.CCCCCCCC(C)(C)c1cc(O)c2cc(Cc3ccccc3O)c(=O)oc2c1. The molecule has 11 nitrogen and oxygen atoms in total. The zero-order chi connectivity index (χ0) is 60.6. The van der Waals surface area contributed by atoms with Crippen molar-refractivity contribution in [3.63, 3.8) is 0 Å². The van der Waals surface area contributed by atoms with Crippen molar-refractivity contribution in [3.05, 3.63) is 179 Å². The molecule has 0 bridgehead atoms. The Morgan fingerprint density at radius 1 is 0.417 bits per heavy atom. The van der Waals surface area contributed by atoms with E-state index in [4.69, 9.17) is 13.3 Å². The van der Waals surface area contributed by atoms with Crippen LogP contribution in [0.4, 0.5) is 0 Å². The summed E-state index contributed by atoms with van der Waals surface area (Å²) in [7, 11) is 0. The monoisotopic (exact) mass is 1140 g/mol. The van der Waals surface area contributed by atoms with E-state index in [2.05, 4.69) is 48.5 Å². The Morgan fingerprint density at radius 2 is 0.821 bits per heavy atom. The molecule has 0 radical (unpaired) electrons. The number of rotatable bonds is 23. The van der Waals surface area contributed by atoms with Crippen molar-refractivity contribution in [2.45, 2.75) is 219 Å². The Morgan fingerprint density at radius 3 is 1.27 bits per heavy atom. The number of fused-ring (bicyclic) bond motifs is 3. The van der Waals surface area contributed by atoms with Crippen molar-refractivity contribution in [2.75, 3.05) is 0 Å². The maximum atomic E-state index is 12.6. The maximum absolute atomic E-state index is 12.6. The lowest BCUT2D eigenvalue weighted by Crippen LogP contribution is -2.29. The number of benzene rings is 5. The van der Waals surface area contributed by atoms with Crippen LogP contribution in [0.1, 0.15) is 228 Å². The summed E-state index contributed by atoms with van der Waals surface area (Å²) in [6, 6.07) is 30.2. The average molecular weight is 1150 g/mol. The molecule has 1 saturated carbocycles. The van der Waals surface area contributed by atoms with E-state index in [9.17, 15) is 39.9 Å². The van der Waals surface area contributed by atoms with Crippen LogP contribution in [0.3, 0.4) is 0 Å². The molecule has 11 heteroatoms. The third-order valence-electron chi connectivity index (χ3n) is 17.5. The van der Waals surface area contributed by atoms with Gasteiger partial charge in [-0.2, -0.15) is 0 Å². The Kier molecular flexibility index (Phi) is 22.6. The fraction of sp³-hybridized carbons (Fsp3) is 0.466. The summed E-state index contributed by atoms with van der Waals surface area (Å²) in [6.45, 7) is 17.3. The lowest BCUT2D eigenvalue weighted by Gasteiger charge is -2.38. The molecule has 9 rings (SSSR count). The lowest BCUT2D eigenvalue weighted by molar-refractivity contribution is 0.266. The van der Waals surface area contributed by atoms with E-state index in [1.807, 2.05) is 49.4 Å². The number of aryl methyl sites for hydroxylation is 1. The number of para-hydroxylation sites is 2. The van der Waals surface area contributed by atoms with Gasteiger partial charge in [0.2, 0.25) is 0 Å². The highest BCUT2D eigenvalue weighted by Gasteiger charge is 2.34. The fourth-order valence-corrected chi connectivity index (χ4v) is 12.1. The Bertz CT molecular complexity index is 3650. The smallest absolute Gasteiger partial charge is 0.339 e. The average Bonchev–Trinajstić information content (AvgIpc) is 3.59. The van der Waals surface area contributed by atoms with Crippen molar-refractivity contribution in [2.24, 2.45) is 0 Å². The third kappa shape index (κ3) is 16.3. The minimum Gasteiger partial charge on any atom is -0.508 e. The molecule has 3 aromatic heterocycles. The molecule has 5 aromatic carbocycles. The zero-order valence-electron chi connectivity index (χ0n) is 51.3. The topological polar surface area (TPSA) is 192 Å². The molecule has 450 valence electrons. The van der Waals surface area contributed by atoms with Crippen LogP contribution in [0, 0.1) is 0 Å². The highest BCUT2D eigenvalue weighted by Crippen LogP contribution is 2.46. The molecule has 0 unspecified atom stereocenters. The van der Waals surface area contributed by atoms with Gasteiger partial charge in [-0.25, -0.2) is 14.4 Å². The number of hydrogen-bond donors (Lipinski definition) is 5. The van der Waals surface area contributed by atoms with E-state index in [0.29, 0.717) is 67.1 Å². The van der Waals surface area contributed by atoms with Crippen LogP contribution in [-0.2, 0) is 35.5 Å². The molecule has 3 heterocycles. The Hall–Kier alpha value is -7.27. The van der Waals surface area contributed by atoms with Gasteiger partial charge >= 0.3 is 16.9 Å². The van der Waals surface area contributed by atoms with Crippen LogP contribution in [0.25, 0.3) is 32.9 Å². The van der Waals surface area contributed by atoms with Crippen LogP contribution >= 0.6 is 0 Å². The van der Waals surface area contributed by atoms with E-state index < -0.39 is 11.3 Å². The van der Waals surface area contributed by atoms with Crippen LogP contribution in [-0.4, -0.2) is 25.5 Å². The van der Waals surface area contributed by atoms with Gasteiger partial charge < -0.3 is 38.8 Å². The van der Waals surface area contributed by atoms with Crippen molar-refractivity contribution < 1.29 is 38.8 Å². The Balaban J connectivity index is 0.000000182. The number of aromatic hydroxyl groups is 5. The minimum atomic E-state index is -0.446. The summed E-state index contributed by atoms with van der Waals surface area (Å²) in [5, 5.41) is 53.6. The van der Waals surface area contributed by atoms with E-state index in [-0.39, 0.29) is 63.5 Å². The second-order valence-corrected chi connectivity index (χ2v) is 24.9. The van der Waals surface area contributed by atoms with E-state index in [0.717, 1.165) is 68.1 Å².